The van der Waals surface area contributed by atoms with Gasteiger partial charge >= 0.3 is 0 Å². The monoisotopic (exact) mass is 322 g/mol. The third-order valence-electron chi connectivity index (χ3n) is 3.64. The van der Waals surface area contributed by atoms with Gasteiger partial charge in [-0.05, 0) is 55.0 Å². The van der Waals surface area contributed by atoms with Crippen LogP contribution in [0.1, 0.15) is 21.6 Å². The molecule has 2 aromatic carbocycles. The highest BCUT2D eigenvalue weighted by molar-refractivity contribution is 6.07. The number of allylic oxidation sites excluding steroid dienone is 1. The lowest BCUT2D eigenvalue weighted by Crippen LogP contribution is -2.01. The van der Waals surface area contributed by atoms with E-state index in [0.29, 0.717) is 16.9 Å². The van der Waals surface area contributed by atoms with Crippen molar-refractivity contribution in [2.45, 2.75) is 6.92 Å². The van der Waals surface area contributed by atoms with Crippen LogP contribution in [0, 0.1) is 12.7 Å². The van der Waals surface area contributed by atoms with Gasteiger partial charge in [-0.2, -0.15) is 5.10 Å². The molecule has 24 heavy (non-hydrogen) atoms. The van der Waals surface area contributed by atoms with Crippen LogP contribution in [0.15, 0.2) is 60.8 Å². The van der Waals surface area contributed by atoms with Crippen LogP contribution in [-0.2, 0) is 0 Å². The number of hydrogen-bond acceptors (Lipinski definition) is 3. The predicted molar refractivity (Wildman–Crippen MR) is 89.7 cm³/mol. The Morgan fingerprint density at radius 2 is 1.96 bits per heavy atom. The van der Waals surface area contributed by atoms with Crippen LogP contribution < -0.4 is 0 Å². The molecule has 120 valence electrons. The van der Waals surface area contributed by atoms with Crippen LogP contribution in [-0.4, -0.2) is 20.7 Å². The van der Waals surface area contributed by atoms with Crippen molar-refractivity contribution in [2.75, 3.05) is 0 Å². The highest BCUT2D eigenvalue weighted by atomic mass is 19.1. The van der Waals surface area contributed by atoms with E-state index in [-0.39, 0.29) is 17.3 Å². The number of hydrogen-bond donors (Lipinski definition) is 1. The van der Waals surface area contributed by atoms with Crippen molar-refractivity contribution in [1.29, 1.82) is 0 Å². The summed E-state index contributed by atoms with van der Waals surface area (Å²) in [5.41, 5.74) is 2.56. The molecule has 3 rings (SSSR count). The SMILES string of the molecule is Cc1c(C(=O)/C=C/c2cccc(O)c2)cnn1-c1ccc(F)cc1. The van der Waals surface area contributed by atoms with E-state index < -0.39 is 0 Å². The van der Waals surface area contributed by atoms with Crippen molar-refractivity contribution in [3.05, 3.63) is 83.4 Å². The Hall–Kier alpha value is -3.21. The summed E-state index contributed by atoms with van der Waals surface area (Å²) in [5, 5.41) is 13.6. The van der Waals surface area contributed by atoms with Gasteiger partial charge in [-0.3, -0.25) is 4.79 Å². The summed E-state index contributed by atoms with van der Waals surface area (Å²) in [6.45, 7) is 1.78. The van der Waals surface area contributed by atoms with E-state index in [1.54, 1.807) is 54.1 Å². The van der Waals surface area contributed by atoms with Crippen LogP contribution in [0.25, 0.3) is 11.8 Å². The van der Waals surface area contributed by atoms with Crippen LogP contribution in [0.2, 0.25) is 0 Å². The Balaban J connectivity index is 1.85. The summed E-state index contributed by atoms with van der Waals surface area (Å²) in [6, 6.07) is 12.5. The van der Waals surface area contributed by atoms with Crippen molar-refractivity contribution in [3.63, 3.8) is 0 Å². The number of carbonyl (C=O) groups excluding carboxylic acids is 1. The molecule has 0 aliphatic rings. The van der Waals surface area contributed by atoms with E-state index in [2.05, 4.69) is 5.10 Å². The van der Waals surface area contributed by atoms with Gasteiger partial charge in [0.05, 0.1) is 23.1 Å². The second kappa shape index (κ2) is 6.50. The Bertz CT molecular complexity index is 911. The number of rotatable bonds is 4. The molecule has 0 radical (unpaired) electrons. The first kappa shape index (κ1) is 15.7. The molecule has 5 heteroatoms. The predicted octanol–water partition coefficient (Wildman–Crippen LogP) is 3.92. The first-order chi connectivity index (χ1) is 11.5. The largest absolute Gasteiger partial charge is 0.508 e. The number of ketones is 1. The molecule has 0 amide bonds. The van der Waals surface area contributed by atoms with Gasteiger partial charge in [-0.25, -0.2) is 9.07 Å². The molecule has 1 heterocycles. The van der Waals surface area contributed by atoms with Gasteiger partial charge in [-0.15, -0.1) is 0 Å². The summed E-state index contributed by atoms with van der Waals surface area (Å²) in [6.07, 6.45) is 4.57. The molecule has 4 nitrogen and oxygen atoms in total. The maximum Gasteiger partial charge on any atom is 0.189 e. The lowest BCUT2D eigenvalue weighted by Gasteiger charge is -2.04. The molecule has 3 aromatic rings. The topological polar surface area (TPSA) is 55.1 Å². The van der Waals surface area contributed by atoms with Gasteiger partial charge in [0.1, 0.15) is 11.6 Å². The fourth-order valence-electron chi connectivity index (χ4n) is 2.38. The van der Waals surface area contributed by atoms with Gasteiger partial charge in [-0.1, -0.05) is 18.2 Å². The van der Waals surface area contributed by atoms with Gasteiger partial charge in [0.15, 0.2) is 5.78 Å². The van der Waals surface area contributed by atoms with Crippen LogP contribution >= 0.6 is 0 Å². The Kier molecular flexibility index (Phi) is 4.24. The van der Waals surface area contributed by atoms with Crippen molar-refractivity contribution in [3.8, 4) is 11.4 Å². The first-order valence-corrected chi connectivity index (χ1v) is 7.36. The summed E-state index contributed by atoms with van der Waals surface area (Å²) < 4.78 is 14.6. The average Bonchev–Trinajstić information content (AvgIpc) is 2.95. The zero-order chi connectivity index (χ0) is 17.1. The van der Waals surface area contributed by atoms with E-state index >= 15 is 0 Å². The number of halogens is 1. The van der Waals surface area contributed by atoms with E-state index in [4.69, 9.17) is 0 Å². The normalized spacial score (nSPS) is 11.1. The van der Waals surface area contributed by atoms with Gasteiger partial charge in [0, 0.05) is 0 Å². The summed E-state index contributed by atoms with van der Waals surface area (Å²) >= 11 is 0. The number of phenols is 1. The van der Waals surface area contributed by atoms with Crippen molar-refractivity contribution in [2.24, 2.45) is 0 Å². The van der Waals surface area contributed by atoms with Crippen LogP contribution in [0.5, 0.6) is 5.75 Å². The lowest BCUT2D eigenvalue weighted by molar-refractivity contribution is 0.104. The summed E-state index contributed by atoms with van der Waals surface area (Å²) in [7, 11) is 0. The molecule has 0 bridgehead atoms. The van der Waals surface area contributed by atoms with Crippen LogP contribution in [0.3, 0.4) is 0 Å². The number of aromatic nitrogens is 2. The highest BCUT2D eigenvalue weighted by Gasteiger charge is 2.13. The third kappa shape index (κ3) is 3.25. The molecule has 0 aliphatic carbocycles. The van der Waals surface area contributed by atoms with E-state index in [1.807, 2.05) is 0 Å². The maximum atomic E-state index is 13.0. The molecule has 0 saturated heterocycles. The maximum absolute atomic E-state index is 13.0. The zero-order valence-electron chi connectivity index (χ0n) is 13.0. The molecular weight excluding hydrogens is 307 g/mol. The van der Waals surface area contributed by atoms with Crippen molar-refractivity contribution >= 4 is 11.9 Å². The van der Waals surface area contributed by atoms with Crippen LogP contribution in [0.4, 0.5) is 4.39 Å². The minimum absolute atomic E-state index is 0.143. The molecule has 1 aromatic heterocycles. The van der Waals surface area contributed by atoms with Gasteiger partial charge in [0.25, 0.3) is 0 Å². The fraction of sp³-hybridized carbons (Fsp3) is 0.0526. The Morgan fingerprint density at radius 1 is 1.21 bits per heavy atom. The smallest absolute Gasteiger partial charge is 0.189 e. The minimum Gasteiger partial charge on any atom is -0.508 e. The number of carbonyl (C=O) groups is 1. The van der Waals surface area contributed by atoms with E-state index in [0.717, 1.165) is 5.56 Å². The standard InChI is InChI=1S/C19H15FN2O2/c1-13-18(12-21-22(13)16-8-6-15(20)7-9-16)19(24)10-5-14-3-2-4-17(23)11-14/h2-12,23H,1H3/b10-5+. The van der Waals surface area contributed by atoms with E-state index in [1.165, 1.54) is 24.4 Å². The molecular formula is C19H15FN2O2. The molecule has 0 spiro atoms. The van der Waals surface area contributed by atoms with Gasteiger partial charge in [0.2, 0.25) is 0 Å². The molecule has 0 aliphatic heterocycles. The van der Waals surface area contributed by atoms with Crippen molar-refractivity contribution < 1.29 is 14.3 Å². The summed E-state index contributed by atoms with van der Waals surface area (Å²) in [4.78, 5) is 12.4. The third-order valence-corrected chi connectivity index (χ3v) is 3.64. The van der Waals surface area contributed by atoms with Gasteiger partial charge < -0.3 is 5.11 Å². The molecule has 0 unspecified atom stereocenters. The second-order valence-electron chi connectivity index (χ2n) is 5.32. The first-order valence-electron chi connectivity index (χ1n) is 7.36. The quantitative estimate of drug-likeness (QED) is 0.585. The second-order valence-corrected chi connectivity index (χ2v) is 5.32. The average molecular weight is 322 g/mol. The molecule has 0 saturated carbocycles. The molecule has 0 atom stereocenters. The molecule has 1 N–H and O–H groups in total. The van der Waals surface area contributed by atoms with Crippen molar-refractivity contribution in [1.82, 2.24) is 9.78 Å². The lowest BCUT2D eigenvalue weighted by atomic mass is 10.1. The number of nitrogens with zero attached hydrogens (tertiary/aromatic N) is 2. The number of aromatic hydroxyl groups is 1. The number of phenolic OH excluding ortho intramolecular Hbond substituents is 1. The minimum atomic E-state index is -0.325. The molecule has 0 fully saturated rings. The summed E-state index contributed by atoms with van der Waals surface area (Å²) in [5.74, 6) is -0.372. The highest BCUT2D eigenvalue weighted by Crippen LogP contribution is 2.17. The Morgan fingerprint density at radius 3 is 2.67 bits per heavy atom. The Labute approximate surface area is 138 Å². The van der Waals surface area contributed by atoms with E-state index in [9.17, 15) is 14.3 Å². The number of benzene rings is 2. The fourth-order valence-corrected chi connectivity index (χ4v) is 2.38. The zero-order valence-corrected chi connectivity index (χ0v) is 13.0.